The van der Waals surface area contributed by atoms with Gasteiger partial charge < -0.3 is 10.1 Å². The van der Waals surface area contributed by atoms with Crippen molar-refractivity contribution in [2.24, 2.45) is 0 Å². The topological polar surface area (TPSA) is 24.5 Å². The first-order valence-corrected chi connectivity index (χ1v) is 5.94. The lowest BCUT2D eigenvalue weighted by Gasteiger charge is -2.26. The number of hydrogen-bond donors (Lipinski definition) is 1. The first-order valence-electron chi connectivity index (χ1n) is 5.94. The number of nitrogens with one attached hydrogen (secondary N) is 1. The highest BCUT2D eigenvalue weighted by Crippen LogP contribution is 1.99. The molecule has 1 rings (SSSR count). The van der Waals surface area contributed by atoms with Crippen LogP contribution in [0.1, 0.15) is 26.2 Å². The van der Waals surface area contributed by atoms with Crippen molar-refractivity contribution in [2.75, 3.05) is 45.9 Å². The van der Waals surface area contributed by atoms with Crippen LogP contribution in [0.3, 0.4) is 0 Å². The molecule has 1 fully saturated rings. The van der Waals surface area contributed by atoms with Crippen LogP contribution >= 0.6 is 0 Å². The van der Waals surface area contributed by atoms with Crippen molar-refractivity contribution in [1.82, 2.24) is 10.2 Å². The van der Waals surface area contributed by atoms with Gasteiger partial charge in [0.15, 0.2) is 0 Å². The van der Waals surface area contributed by atoms with E-state index < -0.39 is 0 Å². The Bertz CT molecular complexity index is 124. The van der Waals surface area contributed by atoms with Gasteiger partial charge in [-0.2, -0.15) is 0 Å². The largest absolute Gasteiger partial charge is 0.379 e. The molecule has 84 valence electrons. The van der Waals surface area contributed by atoms with Crippen LogP contribution in [0.2, 0.25) is 0 Å². The highest BCUT2D eigenvalue weighted by atomic mass is 16.5. The molecule has 0 bridgehead atoms. The van der Waals surface area contributed by atoms with Gasteiger partial charge in [0, 0.05) is 13.1 Å². The minimum atomic E-state index is 0.925. The van der Waals surface area contributed by atoms with Crippen LogP contribution in [0.15, 0.2) is 0 Å². The lowest BCUT2D eigenvalue weighted by Crippen LogP contribution is -2.37. The Hall–Kier alpha value is -0.120. The maximum Gasteiger partial charge on any atom is 0.0594 e. The Balaban J connectivity index is 1.82. The third kappa shape index (κ3) is 5.58. The molecular formula is C11H24N2O. The summed E-state index contributed by atoms with van der Waals surface area (Å²) in [5.74, 6) is 0. The zero-order chi connectivity index (χ0) is 10.1. The van der Waals surface area contributed by atoms with Gasteiger partial charge in [0.25, 0.3) is 0 Å². The smallest absolute Gasteiger partial charge is 0.0594 e. The van der Waals surface area contributed by atoms with Crippen LogP contribution in [0.4, 0.5) is 0 Å². The zero-order valence-corrected chi connectivity index (χ0v) is 9.43. The normalized spacial score (nSPS) is 18.6. The molecule has 1 aliphatic heterocycles. The van der Waals surface area contributed by atoms with E-state index in [2.05, 4.69) is 17.1 Å². The van der Waals surface area contributed by atoms with Gasteiger partial charge in [-0.15, -0.1) is 0 Å². The van der Waals surface area contributed by atoms with Crippen molar-refractivity contribution in [3.8, 4) is 0 Å². The molecule has 1 aliphatic rings. The number of hydrogen-bond acceptors (Lipinski definition) is 3. The van der Waals surface area contributed by atoms with Gasteiger partial charge in [-0.1, -0.05) is 6.92 Å². The first kappa shape index (κ1) is 12.0. The second-order valence-corrected chi connectivity index (χ2v) is 3.91. The summed E-state index contributed by atoms with van der Waals surface area (Å²) in [6.45, 7) is 9.90. The number of unbranched alkanes of at least 4 members (excludes halogenated alkanes) is 1. The van der Waals surface area contributed by atoms with E-state index in [0.717, 1.165) is 32.8 Å². The van der Waals surface area contributed by atoms with Crippen LogP contribution in [-0.2, 0) is 4.74 Å². The van der Waals surface area contributed by atoms with Crippen LogP contribution in [0.25, 0.3) is 0 Å². The van der Waals surface area contributed by atoms with Gasteiger partial charge in [-0.05, 0) is 38.9 Å². The summed E-state index contributed by atoms with van der Waals surface area (Å²) in [5.41, 5.74) is 0. The van der Waals surface area contributed by atoms with Crippen molar-refractivity contribution < 1.29 is 4.74 Å². The number of ether oxygens (including phenoxy) is 1. The fourth-order valence-corrected chi connectivity index (χ4v) is 1.71. The molecule has 1 N–H and O–H groups in total. The Kier molecular flexibility index (Phi) is 7.01. The summed E-state index contributed by atoms with van der Waals surface area (Å²) < 4.78 is 5.31. The van der Waals surface area contributed by atoms with Crippen molar-refractivity contribution in [1.29, 1.82) is 0 Å². The summed E-state index contributed by atoms with van der Waals surface area (Å²) in [7, 11) is 0. The summed E-state index contributed by atoms with van der Waals surface area (Å²) in [6.07, 6.45) is 3.86. The number of morpholine rings is 1. The summed E-state index contributed by atoms with van der Waals surface area (Å²) >= 11 is 0. The SMILES string of the molecule is CCCNCCCCN1CCOCC1. The molecule has 0 atom stereocenters. The van der Waals surface area contributed by atoms with E-state index in [1.54, 1.807) is 0 Å². The average molecular weight is 200 g/mol. The van der Waals surface area contributed by atoms with Crippen LogP contribution in [-0.4, -0.2) is 50.8 Å². The van der Waals surface area contributed by atoms with E-state index in [4.69, 9.17) is 4.74 Å². The van der Waals surface area contributed by atoms with Crippen molar-refractivity contribution in [3.63, 3.8) is 0 Å². The van der Waals surface area contributed by atoms with E-state index >= 15 is 0 Å². The molecular weight excluding hydrogens is 176 g/mol. The number of rotatable bonds is 7. The number of nitrogens with zero attached hydrogens (tertiary/aromatic N) is 1. The van der Waals surface area contributed by atoms with Gasteiger partial charge >= 0.3 is 0 Å². The Morgan fingerprint density at radius 1 is 1.14 bits per heavy atom. The molecule has 3 heteroatoms. The fraction of sp³-hybridized carbons (Fsp3) is 1.00. The molecule has 1 heterocycles. The van der Waals surface area contributed by atoms with E-state index in [9.17, 15) is 0 Å². The lowest BCUT2D eigenvalue weighted by atomic mass is 10.2. The standard InChI is InChI=1S/C11H24N2O/c1-2-5-12-6-3-4-7-13-8-10-14-11-9-13/h12H,2-11H2,1H3. The van der Waals surface area contributed by atoms with Gasteiger partial charge in [-0.3, -0.25) is 4.90 Å². The predicted octanol–water partition coefficient (Wildman–Crippen LogP) is 1.10. The zero-order valence-electron chi connectivity index (χ0n) is 9.43. The molecule has 0 aromatic heterocycles. The van der Waals surface area contributed by atoms with Crippen molar-refractivity contribution >= 4 is 0 Å². The second kappa shape index (κ2) is 8.21. The van der Waals surface area contributed by atoms with Gasteiger partial charge in [0.1, 0.15) is 0 Å². The Labute approximate surface area is 87.8 Å². The molecule has 0 aromatic carbocycles. The molecule has 0 saturated carbocycles. The molecule has 0 unspecified atom stereocenters. The van der Waals surface area contributed by atoms with Crippen molar-refractivity contribution in [2.45, 2.75) is 26.2 Å². The average Bonchev–Trinajstić information content (AvgIpc) is 2.25. The molecule has 0 radical (unpaired) electrons. The monoisotopic (exact) mass is 200 g/mol. The van der Waals surface area contributed by atoms with Crippen LogP contribution in [0, 0.1) is 0 Å². The van der Waals surface area contributed by atoms with E-state index in [1.807, 2.05) is 0 Å². The Morgan fingerprint density at radius 3 is 2.64 bits per heavy atom. The quantitative estimate of drug-likeness (QED) is 0.623. The third-order valence-corrected chi connectivity index (χ3v) is 2.61. The van der Waals surface area contributed by atoms with Crippen molar-refractivity contribution in [3.05, 3.63) is 0 Å². The maximum atomic E-state index is 5.31. The summed E-state index contributed by atoms with van der Waals surface area (Å²) in [4.78, 5) is 2.50. The second-order valence-electron chi connectivity index (χ2n) is 3.91. The maximum absolute atomic E-state index is 5.31. The van der Waals surface area contributed by atoms with Gasteiger partial charge in [0.2, 0.25) is 0 Å². The van der Waals surface area contributed by atoms with Crippen LogP contribution < -0.4 is 5.32 Å². The van der Waals surface area contributed by atoms with Gasteiger partial charge in [0.05, 0.1) is 13.2 Å². The molecule has 0 aromatic rings. The van der Waals surface area contributed by atoms with E-state index in [0.29, 0.717) is 0 Å². The van der Waals surface area contributed by atoms with Gasteiger partial charge in [-0.25, -0.2) is 0 Å². The fourth-order valence-electron chi connectivity index (χ4n) is 1.71. The first-order chi connectivity index (χ1) is 6.93. The highest BCUT2D eigenvalue weighted by Gasteiger charge is 2.08. The predicted molar refractivity (Wildman–Crippen MR) is 59.7 cm³/mol. The molecule has 14 heavy (non-hydrogen) atoms. The van der Waals surface area contributed by atoms with E-state index in [-0.39, 0.29) is 0 Å². The van der Waals surface area contributed by atoms with E-state index in [1.165, 1.54) is 32.4 Å². The summed E-state index contributed by atoms with van der Waals surface area (Å²) in [6, 6.07) is 0. The lowest BCUT2D eigenvalue weighted by molar-refractivity contribution is 0.0372. The minimum absolute atomic E-state index is 0.925. The molecule has 0 spiro atoms. The highest BCUT2D eigenvalue weighted by molar-refractivity contribution is 4.61. The minimum Gasteiger partial charge on any atom is -0.379 e. The van der Waals surface area contributed by atoms with Crippen LogP contribution in [0.5, 0.6) is 0 Å². The molecule has 0 amide bonds. The molecule has 0 aliphatic carbocycles. The summed E-state index contributed by atoms with van der Waals surface area (Å²) in [5, 5.41) is 3.43. The molecule has 3 nitrogen and oxygen atoms in total. The Morgan fingerprint density at radius 2 is 1.93 bits per heavy atom. The molecule has 1 saturated heterocycles. The third-order valence-electron chi connectivity index (χ3n) is 2.61.